The number of hydrogen-bond acceptors (Lipinski definition) is 3. The van der Waals surface area contributed by atoms with Gasteiger partial charge in [-0.2, -0.15) is 0 Å². The van der Waals surface area contributed by atoms with E-state index in [4.69, 9.17) is 9.84 Å². The predicted molar refractivity (Wildman–Crippen MR) is 102 cm³/mol. The van der Waals surface area contributed by atoms with Crippen molar-refractivity contribution in [3.8, 4) is 5.75 Å². The Hall–Kier alpha value is -2.82. The van der Waals surface area contributed by atoms with E-state index in [0.717, 1.165) is 29.7 Å². The van der Waals surface area contributed by atoms with Gasteiger partial charge in [0.15, 0.2) is 0 Å². The summed E-state index contributed by atoms with van der Waals surface area (Å²) >= 11 is 0. The van der Waals surface area contributed by atoms with Crippen LogP contribution >= 0.6 is 0 Å². The van der Waals surface area contributed by atoms with Gasteiger partial charge < -0.3 is 15.2 Å². The van der Waals surface area contributed by atoms with Crippen LogP contribution in [-0.4, -0.2) is 17.0 Å². The van der Waals surface area contributed by atoms with Crippen molar-refractivity contribution >= 4 is 11.9 Å². The van der Waals surface area contributed by atoms with Crippen molar-refractivity contribution in [3.63, 3.8) is 0 Å². The second kappa shape index (κ2) is 9.21. The number of carbonyl (C=O) groups excluding carboxylic acids is 1. The minimum Gasteiger partial charge on any atom is -0.489 e. The number of carboxylic acid groups (broad SMARTS) is 1. The molecule has 0 saturated heterocycles. The Balaban J connectivity index is 1.45. The zero-order chi connectivity index (χ0) is 19.1. The Labute approximate surface area is 159 Å². The van der Waals surface area contributed by atoms with Gasteiger partial charge in [-0.1, -0.05) is 48.9 Å². The highest BCUT2D eigenvalue weighted by Gasteiger charge is 2.30. The lowest BCUT2D eigenvalue weighted by atomic mass is 9.81. The molecule has 3 rings (SSSR count). The van der Waals surface area contributed by atoms with Crippen LogP contribution in [0.3, 0.4) is 0 Å². The first-order valence-corrected chi connectivity index (χ1v) is 9.38. The molecule has 1 fully saturated rings. The van der Waals surface area contributed by atoms with Gasteiger partial charge in [0.25, 0.3) is 0 Å². The summed E-state index contributed by atoms with van der Waals surface area (Å²) in [5.41, 5.74) is 2.10. The molecule has 5 nitrogen and oxygen atoms in total. The lowest BCUT2D eigenvalue weighted by Gasteiger charge is -2.25. The summed E-state index contributed by atoms with van der Waals surface area (Å²) in [7, 11) is 0. The minimum atomic E-state index is -0.793. The van der Waals surface area contributed by atoms with E-state index in [0.29, 0.717) is 26.0 Å². The second-order valence-electron chi connectivity index (χ2n) is 7.03. The summed E-state index contributed by atoms with van der Waals surface area (Å²) in [6.45, 7) is 0.954. The smallest absolute Gasteiger partial charge is 0.306 e. The fourth-order valence-corrected chi connectivity index (χ4v) is 3.43. The molecule has 5 heteroatoms. The molecule has 2 atom stereocenters. The normalized spacial score (nSPS) is 19.3. The SMILES string of the molecule is O=C(O)C1CCCC(C(=O)NCc2ccc(OCc3ccccc3)cc2)C1. The maximum Gasteiger partial charge on any atom is 0.306 e. The van der Waals surface area contributed by atoms with Crippen molar-refractivity contribution in [2.75, 3.05) is 0 Å². The molecule has 0 heterocycles. The highest BCUT2D eigenvalue weighted by molar-refractivity contribution is 5.80. The Morgan fingerprint density at radius 3 is 2.37 bits per heavy atom. The van der Waals surface area contributed by atoms with E-state index < -0.39 is 11.9 Å². The van der Waals surface area contributed by atoms with E-state index in [1.54, 1.807) is 0 Å². The van der Waals surface area contributed by atoms with Crippen LogP contribution in [0.15, 0.2) is 54.6 Å². The summed E-state index contributed by atoms with van der Waals surface area (Å²) < 4.78 is 5.76. The summed E-state index contributed by atoms with van der Waals surface area (Å²) in [5.74, 6) is -0.654. The minimum absolute atomic E-state index is 0.0506. The van der Waals surface area contributed by atoms with Crippen molar-refractivity contribution in [3.05, 3.63) is 65.7 Å². The van der Waals surface area contributed by atoms with Crippen LogP contribution in [-0.2, 0) is 22.7 Å². The molecule has 0 spiro atoms. The maximum absolute atomic E-state index is 12.3. The highest BCUT2D eigenvalue weighted by Crippen LogP contribution is 2.29. The van der Waals surface area contributed by atoms with Gasteiger partial charge >= 0.3 is 5.97 Å². The Morgan fingerprint density at radius 2 is 1.67 bits per heavy atom. The van der Waals surface area contributed by atoms with E-state index in [1.165, 1.54) is 0 Å². The number of amides is 1. The third-order valence-corrected chi connectivity index (χ3v) is 5.03. The van der Waals surface area contributed by atoms with Crippen LogP contribution in [0.2, 0.25) is 0 Å². The average Bonchev–Trinajstić information content (AvgIpc) is 2.72. The van der Waals surface area contributed by atoms with Crippen molar-refractivity contribution in [2.45, 2.75) is 38.8 Å². The average molecular weight is 367 g/mol. The molecule has 2 N–H and O–H groups in total. The van der Waals surface area contributed by atoms with Gasteiger partial charge in [-0.05, 0) is 42.5 Å². The van der Waals surface area contributed by atoms with Gasteiger partial charge in [0.2, 0.25) is 5.91 Å². The van der Waals surface area contributed by atoms with Gasteiger partial charge in [-0.15, -0.1) is 0 Å². The van der Waals surface area contributed by atoms with Crippen LogP contribution in [0.25, 0.3) is 0 Å². The van der Waals surface area contributed by atoms with Crippen molar-refractivity contribution in [1.29, 1.82) is 0 Å². The summed E-state index contributed by atoms with van der Waals surface area (Å²) in [6.07, 6.45) is 2.67. The molecule has 142 valence electrons. The number of benzene rings is 2. The summed E-state index contributed by atoms with van der Waals surface area (Å²) in [4.78, 5) is 23.5. The fourth-order valence-electron chi connectivity index (χ4n) is 3.43. The van der Waals surface area contributed by atoms with Gasteiger partial charge in [0.05, 0.1) is 5.92 Å². The van der Waals surface area contributed by atoms with Gasteiger partial charge in [0, 0.05) is 12.5 Å². The maximum atomic E-state index is 12.3. The van der Waals surface area contributed by atoms with Crippen LogP contribution in [0, 0.1) is 11.8 Å². The van der Waals surface area contributed by atoms with Crippen molar-refractivity contribution < 1.29 is 19.4 Å². The quantitative estimate of drug-likeness (QED) is 0.781. The molecule has 0 bridgehead atoms. The van der Waals surface area contributed by atoms with Gasteiger partial charge in [0.1, 0.15) is 12.4 Å². The number of nitrogens with one attached hydrogen (secondary N) is 1. The number of ether oxygens (including phenoxy) is 1. The largest absolute Gasteiger partial charge is 0.489 e. The number of aliphatic carboxylic acids is 1. The fraction of sp³-hybridized carbons (Fsp3) is 0.364. The number of rotatable bonds is 7. The summed E-state index contributed by atoms with van der Waals surface area (Å²) in [6, 6.07) is 17.6. The molecular weight excluding hydrogens is 342 g/mol. The molecule has 0 aliphatic heterocycles. The topological polar surface area (TPSA) is 75.6 Å². The standard InChI is InChI=1S/C22H25NO4/c24-21(18-7-4-8-19(13-18)22(25)26)23-14-16-9-11-20(12-10-16)27-15-17-5-2-1-3-6-17/h1-3,5-6,9-12,18-19H,4,7-8,13-15H2,(H,23,24)(H,25,26). The van der Waals surface area contributed by atoms with E-state index in [-0.39, 0.29) is 11.8 Å². The Kier molecular flexibility index (Phi) is 6.47. The zero-order valence-corrected chi connectivity index (χ0v) is 15.3. The number of hydrogen-bond donors (Lipinski definition) is 2. The van der Waals surface area contributed by atoms with Crippen molar-refractivity contribution in [1.82, 2.24) is 5.32 Å². The van der Waals surface area contributed by atoms with Gasteiger partial charge in [-0.3, -0.25) is 9.59 Å². The van der Waals surface area contributed by atoms with E-state index >= 15 is 0 Å². The molecule has 1 amide bonds. The van der Waals surface area contributed by atoms with Gasteiger partial charge in [-0.25, -0.2) is 0 Å². The van der Waals surface area contributed by atoms with E-state index in [2.05, 4.69) is 5.32 Å². The van der Waals surface area contributed by atoms with E-state index in [1.807, 2.05) is 54.6 Å². The lowest BCUT2D eigenvalue weighted by molar-refractivity contribution is -0.144. The number of carboxylic acids is 1. The van der Waals surface area contributed by atoms with Crippen LogP contribution in [0.1, 0.15) is 36.8 Å². The summed E-state index contributed by atoms with van der Waals surface area (Å²) in [5, 5.41) is 12.1. The van der Waals surface area contributed by atoms with Crippen LogP contribution < -0.4 is 10.1 Å². The van der Waals surface area contributed by atoms with Crippen LogP contribution in [0.5, 0.6) is 5.75 Å². The number of carbonyl (C=O) groups is 2. The molecule has 2 aromatic carbocycles. The molecule has 0 aromatic heterocycles. The molecule has 2 aromatic rings. The first-order chi connectivity index (χ1) is 13.1. The highest BCUT2D eigenvalue weighted by atomic mass is 16.5. The Bertz CT molecular complexity index is 758. The molecule has 0 radical (unpaired) electrons. The molecule has 27 heavy (non-hydrogen) atoms. The molecular formula is C22H25NO4. The van der Waals surface area contributed by atoms with E-state index in [9.17, 15) is 9.59 Å². The molecule has 1 aliphatic rings. The lowest BCUT2D eigenvalue weighted by Crippen LogP contribution is -2.35. The first kappa shape index (κ1) is 19.0. The van der Waals surface area contributed by atoms with Crippen LogP contribution in [0.4, 0.5) is 0 Å². The molecule has 1 saturated carbocycles. The third-order valence-electron chi connectivity index (χ3n) is 5.03. The zero-order valence-electron chi connectivity index (χ0n) is 15.3. The first-order valence-electron chi connectivity index (χ1n) is 9.38. The molecule has 2 unspecified atom stereocenters. The Morgan fingerprint density at radius 1 is 0.963 bits per heavy atom. The monoisotopic (exact) mass is 367 g/mol. The van der Waals surface area contributed by atoms with Crippen molar-refractivity contribution in [2.24, 2.45) is 11.8 Å². The molecule has 1 aliphatic carbocycles. The predicted octanol–water partition coefficient (Wildman–Crippen LogP) is 3.77. The third kappa shape index (κ3) is 5.58. The second-order valence-corrected chi connectivity index (χ2v) is 7.03.